The smallest absolute Gasteiger partial charge is 0.225 e. The maximum atomic E-state index is 12.9. The number of nitrogens with zero attached hydrogens (tertiary/aromatic N) is 3. The van der Waals surface area contributed by atoms with Gasteiger partial charge in [-0.2, -0.15) is 0 Å². The van der Waals surface area contributed by atoms with Crippen molar-refractivity contribution in [1.29, 1.82) is 0 Å². The van der Waals surface area contributed by atoms with Gasteiger partial charge in [0, 0.05) is 36.5 Å². The number of hydrogen-bond acceptors (Lipinski definition) is 6. The Morgan fingerprint density at radius 1 is 1.53 bits per heavy atom. The number of carbonyl (C=O) groups excluding carboxylic acids is 1. The second-order valence-electron chi connectivity index (χ2n) is 9.83. The van der Waals surface area contributed by atoms with Gasteiger partial charge < -0.3 is 15.3 Å². The first-order valence-electron chi connectivity index (χ1n) is 11.5. The van der Waals surface area contributed by atoms with Gasteiger partial charge >= 0.3 is 0 Å². The number of nitrogens with one attached hydrogen (secondary N) is 1. The summed E-state index contributed by atoms with van der Waals surface area (Å²) in [4.78, 5) is 25.0. The van der Waals surface area contributed by atoms with Gasteiger partial charge in [-0.05, 0) is 48.6 Å². The lowest BCUT2D eigenvalue weighted by Gasteiger charge is -2.53. The van der Waals surface area contributed by atoms with E-state index >= 15 is 0 Å². The lowest BCUT2D eigenvalue weighted by Crippen LogP contribution is -2.53. The zero-order chi connectivity index (χ0) is 23.0. The Bertz CT molecular complexity index is 978. The van der Waals surface area contributed by atoms with Crippen molar-refractivity contribution >= 4 is 28.1 Å². The fourth-order valence-corrected chi connectivity index (χ4v) is 7.26. The molecule has 6 nitrogen and oxygen atoms in total. The zero-order valence-electron chi connectivity index (χ0n) is 19.4. The van der Waals surface area contributed by atoms with Gasteiger partial charge in [-0.3, -0.25) is 9.78 Å². The number of carbonyl (C=O) groups is 1. The molecule has 0 radical (unpaired) electrons. The molecule has 0 bridgehead atoms. The number of anilines is 2. The zero-order valence-corrected chi connectivity index (χ0v) is 20.2. The van der Waals surface area contributed by atoms with Crippen LogP contribution in [0.25, 0.3) is 0 Å². The highest BCUT2D eigenvalue weighted by Crippen LogP contribution is 2.57. The summed E-state index contributed by atoms with van der Waals surface area (Å²) in [7, 11) is 1.81. The molecule has 1 amide bonds. The van der Waals surface area contributed by atoms with E-state index in [4.69, 9.17) is 4.98 Å². The van der Waals surface area contributed by atoms with Crippen LogP contribution in [0.1, 0.15) is 50.1 Å². The van der Waals surface area contributed by atoms with Crippen LogP contribution in [0.4, 0.5) is 10.8 Å². The number of aliphatic hydroxyl groups excluding tert-OH is 1. The lowest BCUT2D eigenvalue weighted by atomic mass is 9.53. The molecule has 6 atom stereocenters. The number of rotatable bonds is 6. The highest BCUT2D eigenvalue weighted by molar-refractivity contribution is 7.15. The molecular formula is C25H34N4O2S. The summed E-state index contributed by atoms with van der Waals surface area (Å²) in [5.74, 6) is 0.0469. The standard InChI is InChI=1S/C25H34N4O2S/c1-6-12-29(5)23(31)15(2)18-9-10-25(4)13-19-21(16(3)20(25)22(18)30)28-24(32-19)27-17-8-7-11-26-14-17/h6-8,11,14-16,18,20,22,30H,1,9-10,12-13H2,2-5H3,(H,27,28)/t15-,16-,18-,20+,22-,25-/m0/s1. The molecule has 0 spiro atoms. The van der Waals surface area contributed by atoms with E-state index in [2.05, 4.69) is 30.7 Å². The summed E-state index contributed by atoms with van der Waals surface area (Å²) in [6, 6.07) is 3.88. The highest BCUT2D eigenvalue weighted by Gasteiger charge is 2.54. The third kappa shape index (κ3) is 4.08. The number of aromatic nitrogens is 2. The first-order valence-corrected chi connectivity index (χ1v) is 12.3. The van der Waals surface area contributed by atoms with E-state index in [0.717, 1.165) is 35.8 Å². The van der Waals surface area contributed by atoms with Gasteiger partial charge in [-0.1, -0.05) is 26.8 Å². The van der Waals surface area contributed by atoms with Crippen LogP contribution < -0.4 is 5.32 Å². The topological polar surface area (TPSA) is 78.4 Å². The Kier molecular flexibility index (Phi) is 6.41. The summed E-state index contributed by atoms with van der Waals surface area (Å²) >= 11 is 1.71. The number of fused-ring (bicyclic) bond motifs is 2. The van der Waals surface area contributed by atoms with Crippen LogP contribution in [0.15, 0.2) is 37.2 Å². The van der Waals surface area contributed by atoms with E-state index in [1.165, 1.54) is 4.88 Å². The summed E-state index contributed by atoms with van der Waals surface area (Å²) < 4.78 is 0. The third-order valence-electron chi connectivity index (χ3n) is 7.65. The van der Waals surface area contributed by atoms with Crippen molar-refractivity contribution in [3.8, 4) is 0 Å². The predicted octanol–water partition coefficient (Wildman–Crippen LogP) is 4.62. The number of likely N-dealkylation sites (N-methyl/N-ethyl adjacent to an activating group) is 1. The second kappa shape index (κ2) is 8.94. The molecule has 2 aliphatic carbocycles. The van der Waals surface area contributed by atoms with E-state index in [9.17, 15) is 9.90 Å². The minimum absolute atomic E-state index is 0.0101. The van der Waals surface area contributed by atoms with Crippen molar-refractivity contribution < 1.29 is 9.90 Å². The molecule has 32 heavy (non-hydrogen) atoms. The maximum absolute atomic E-state index is 12.9. The molecule has 0 unspecified atom stereocenters. The Morgan fingerprint density at radius 3 is 3.00 bits per heavy atom. The Labute approximate surface area is 194 Å². The van der Waals surface area contributed by atoms with Gasteiger partial charge in [0.2, 0.25) is 5.91 Å². The van der Waals surface area contributed by atoms with Crippen LogP contribution >= 0.6 is 11.3 Å². The van der Waals surface area contributed by atoms with E-state index in [1.54, 1.807) is 41.8 Å². The van der Waals surface area contributed by atoms with E-state index in [0.29, 0.717) is 6.54 Å². The van der Waals surface area contributed by atoms with Crippen LogP contribution in [0.5, 0.6) is 0 Å². The van der Waals surface area contributed by atoms with Gasteiger partial charge in [0.25, 0.3) is 0 Å². The lowest BCUT2D eigenvalue weighted by molar-refractivity contribution is -0.143. The SMILES string of the molecule is C=CCN(C)C(=O)[C@@H](C)[C@@H]1CC[C@@]2(C)Cc3sc(Nc4cccnc4)nc3[C@@H](C)[C@@H]2[C@H]1O. The molecule has 1 fully saturated rings. The monoisotopic (exact) mass is 454 g/mol. The van der Waals surface area contributed by atoms with E-state index < -0.39 is 6.10 Å². The van der Waals surface area contributed by atoms with Crippen LogP contribution in [0.2, 0.25) is 0 Å². The number of pyridine rings is 1. The van der Waals surface area contributed by atoms with Crippen LogP contribution in [0, 0.1) is 23.2 Å². The summed E-state index contributed by atoms with van der Waals surface area (Å²) in [6.07, 6.45) is 7.56. The maximum Gasteiger partial charge on any atom is 0.225 e. The predicted molar refractivity (Wildman–Crippen MR) is 129 cm³/mol. The fourth-order valence-electron chi connectivity index (χ4n) is 5.97. The average Bonchev–Trinajstić information content (AvgIpc) is 3.15. The summed E-state index contributed by atoms with van der Waals surface area (Å²) in [5.41, 5.74) is 2.02. The largest absolute Gasteiger partial charge is 0.392 e. The Morgan fingerprint density at radius 2 is 2.31 bits per heavy atom. The number of thiazole rings is 1. The van der Waals surface area contributed by atoms with Crippen molar-refractivity contribution in [2.45, 2.75) is 52.1 Å². The molecule has 2 aromatic heterocycles. The van der Waals surface area contributed by atoms with Gasteiger partial charge in [0.1, 0.15) is 0 Å². The van der Waals surface area contributed by atoms with E-state index in [1.807, 2.05) is 19.1 Å². The fraction of sp³-hybridized carbons (Fsp3) is 0.560. The number of aliphatic hydroxyl groups is 1. The summed E-state index contributed by atoms with van der Waals surface area (Å²) in [5, 5.41) is 15.8. The minimum atomic E-state index is -0.524. The molecule has 0 aliphatic heterocycles. The van der Waals surface area contributed by atoms with Crippen molar-refractivity contribution in [3.05, 3.63) is 47.8 Å². The molecule has 7 heteroatoms. The van der Waals surface area contributed by atoms with Gasteiger partial charge in [0.05, 0.1) is 23.7 Å². The Balaban J connectivity index is 1.57. The molecule has 2 N–H and O–H groups in total. The Hall–Kier alpha value is -2.25. The van der Waals surface area contributed by atoms with Crippen molar-refractivity contribution in [1.82, 2.24) is 14.9 Å². The first-order chi connectivity index (χ1) is 15.2. The first kappa shape index (κ1) is 22.9. The van der Waals surface area contributed by atoms with E-state index in [-0.39, 0.29) is 35.0 Å². The summed E-state index contributed by atoms with van der Waals surface area (Å²) in [6.45, 7) is 10.7. The normalized spacial score (nSPS) is 30.0. The number of amides is 1. The van der Waals surface area contributed by atoms with Crippen molar-refractivity contribution in [2.75, 3.05) is 18.9 Å². The molecular weight excluding hydrogens is 420 g/mol. The molecule has 4 rings (SSSR count). The molecule has 2 aromatic rings. The molecule has 0 saturated heterocycles. The second-order valence-corrected chi connectivity index (χ2v) is 10.9. The average molecular weight is 455 g/mol. The van der Waals surface area contributed by atoms with Crippen LogP contribution in [-0.4, -0.2) is 45.6 Å². The molecule has 0 aromatic carbocycles. The van der Waals surface area contributed by atoms with Crippen LogP contribution in [-0.2, 0) is 11.2 Å². The number of hydrogen-bond donors (Lipinski definition) is 2. The van der Waals surface area contributed by atoms with Crippen LogP contribution in [0.3, 0.4) is 0 Å². The molecule has 1 saturated carbocycles. The minimum Gasteiger partial charge on any atom is -0.392 e. The quantitative estimate of drug-likeness (QED) is 0.623. The van der Waals surface area contributed by atoms with Gasteiger partial charge in [-0.15, -0.1) is 17.9 Å². The van der Waals surface area contributed by atoms with Crippen molar-refractivity contribution in [2.24, 2.45) is 23.2 Å². The molecule has 2 aliphatic rings. The van der Waals surface area contributed by atoms with Crippen molar-refractivity contribution in [3.63, 3.8) is 0 Å². The molecule has 2 heterocycles. The van der Waals surface area contributed by atoms with Gasteiger partial charge in [0.15, 0.2) is 5.13 Å². The molecule has 172 valence electrons. The van der Waals surface area contributed by atoms with Gasteiger partial charge in [-0.25, -0.2) is 4.98 Å². The highest BCUT2D eigenvalue weighted by atomic mass is 32.1. The third-order valence-corrected chi connectivity index (χ3v) is 8.63.